The van der Waals surface area contributed by atoms with Crippen molar-refractivity contribution in [1.82, 2.24) is 15.5 Å². The fraction of sp³-hybridized carbons (Fsp3) is 0.611. The molecular weight excluding hydrogens is 310 g/mol. The predicted octanol–water partition coefficient (Wildman–Crippen LogP) is 2.75. The lowest BCUT2D eigenvalue weighted by Gasteiger charge is -2.32. The molecule has 24 heavy (non-hydrogen) atoms. The number of guanidine groups is 1. The maximum absolute atomic E-state index is 13.7. The van der Waals surface area contributed by atoms with Crippen LogP contribution in [-0.2, 0) is 6.54 Å². The highest BCUT2D eigenvalue weighted by atomic mass is 19.1. The number of hydrogen-bond donors (Lipinski definition) is 2. The zero-order valence-corrected chi connectivity index (χ0v) is 14.6. The van der Waals surface area contributed by atoms with E-state index in [0.29, 0.717) is 11.9 Å². The molecule has 4 nitrogen and oxygen atoms in total. The van der Waals surface area contributed by atoms with Crippen LogP contribution < -0.4 is 10.6 Å². The first-order chi connectivity index (χ1) is 11.6. The summed E-state index contributed by atoms with van der Waals surface area (Å²) in [5.41, 5.74) is 0.266. The van der Waals surface area contributed by atoms with Gasteiger partial charge in [0.15, 0.2) is 5.96 Å². The Bertz CT molecular complexity index is 548. The molecule has 1 heterocycles. The summed E-state index contributed by atoms with van der Waals surface area (Å²) in [7, 11) is 0. The first-order valence-corrected chi connectivity index (χ1v) is 8.80. The Balaban J connectivity index is 1.92. The number of hydrogen-bond acceptors (Lipinski definition) is 2. The van der Waals surface area contributed by atoms with Gasteiger partial charge >= 0.3 is 0 Å². The smallest absolute Gasteiger partial charge is 0.191 e. The summed E-state index contributed by atoms with van der Waals surface area (Å²) in [5, 5.41) is 6.50. The molecule has 1 unspecified atom stereocenters. The van der Waals surface area contributed by atoms with Crippen LogP contribution in [0.1, 0.15) is 32.3 Å². The van der Waals surface area contributed by atoms with E-state index in [-0.39, 0.29) is 12.1 Å². The van der Waals surface area contributed by atoms with Crippen LogP contribution in [0.3, 0.4) is 0 Å². The molecular formula is C18H28F2N4. The van der Waals surface area contributed by atoms with Crippen LogP contribution in [0.4, 0.5) is 8.78 Å². The third kappa shape index (κ3) is 5.74. The van der Waals surface area contributed by atoms with E-state index in [0.717, 1.165) is 38.3 Å². The highest BCUT2D eigenvalue weighted by Gasteiger charge is 2.18. The Kier molecular flexibility index (Phi) is 7.43. The van der Waals surface area contributed by atoms with E-state index in [1.165, 1.54) is 25.5 Å². The maximum atomic E-state index is 13.7. The van der Waals surface area contributed by atoms with E-state index in [4.69, 9.17) is 0 Å². The van der Waals surface area contributed by atoms with Crippen LogP contribution in [0.5, 0.6) is 0 Å². The van der Waals surface area contributed by atoms with Gasteiger partial charge in [0.1, 0.15) is 11.6 Å². The number of piperidine rings is 1. The van der Waals surface area contributed by atoms with Crippen molar-refractivity contribution in [3.63, 3.8) is 0 Å². The molecule has 6 heteroatoms. The van der Waals surface area contributed by atoms with Crippen LogP contribution in [0.15, 0.2) is 23.2 Å². The third-order valence-electron chi connectivity index (χ3n) is 4.37. The Labute approximate surface area is 143 Å². The zero-order valence-electron chi connectivity index (χ0n) is 14.6. The molecule has 1 aromatic carbocycles. The van der Waals surface area contributed by atoms with E-state index < -0.39 is 11.6 Å². The van der Waals surface area contributed by atoms with E-state index in [1.54, 1.807) is 0 Å². The molecule has 0 radical (unpaired) electrons. The number of benzene rings is 1. The fourth-order valence-electron chi connectivity index (χ4n) is 3.02. The first-order valence-electron chi connectivity index (χ1n) is 8.80. The highest BCUT2D eigenvalue weighted by Crippen LogP contribution is 2.15. The highest BCUT2D eigenvalue weighted by molar-refractivity contribution is 5.79. The summed E-state index contributed by atoms with van der Waals surface area (Å²) in [5.74, 6) is 0.367. The SMILES string of the molecule is CCNC(=NCc1cc(F)ccc1F)NCC1CCCN(CC)C1. The van der Waals surface area contributed by atoms with Gasteiger partial charge < -0.3 is 15.5 Å². The predicted molar refractivity (Wildman–Crippen MR) is 94.0 cm³/mol. The van der Waals surface area contributed by atoms with Gasteiger partial charge in [0.25, 0.3) is 0 Å². The molecule has 0 aromatic heterocycles. The molecule has 1 fully saturated rings. The van der Waals surface area contributed by atoms with Crippen LogP contribution in [-0.4, -0.2) is 43.6 Å². The average molecular weight is 338 g/mol. The molecule has 1 aromatic rings. The Morgan fingerprint density at radius 3 is 2.88 bits per heavy atom. The van der Waals surface area contributed by atoms with Gasteiger partial charge in [-0.2, -0.15) is 0 Å². The Morgan fingerprint density at radius 2 is 2.12 bits per heavy atom. The number of likely N-dealkylation sites (tertiary alicyclic amines) is 1. The van der Waals surface area contributed by atoms with Crippen molar-refractivity contribution in [3.8, 4) is 0 Å². The van der Waals surface area contributed by atoms with Gasteiger partial charge in [-0.05, 0) is 57.0 Å². The lowest BCUT2D eigenvalue weighted by Crippen LogP contribution is -2.44. The van der Waals surface area contributed by atoms with Gasteiger partial charge in [-0.15, -0.1) is 0 Å². The zero-order chi connectivity index (χ0) is 17.4. The quantitative estimate of drug-likeness (QED) is 0.619. The summed E-state index contributed by atoms with van der Waals surface area (Å²) in [6, 6.07) is 3.46. The van der Waals surface area contributed by atoms with Gasteiger partial charge in [0.2, 0.25) is 0 Å². The van der Waals surface area contributed by atoms with E-state index in [2.05, 4.69) is 27.4 Å². The lowest BCUT2D eigenvalue weighted by atomic mass is 9.98. The second-order valence-corrected chi connectivity index (χ2v) is 6.21. The largest absolute Gasteiger partial charge is 0.357 e. The number of halogens is 2. The van der Waals surface area contributed by atoms with Gasteiger partial charge in [-0.1, -0.05) is 6.92 Å². The molecule has 1 aliphatic heterocycles. The van der Waals surface area contributed by atoms with Crippen LogP contribution >= 0.6 is 0 Å². The molecule has 0 bridgehead atoms. The summed E-state index contributed by atoms with van der Waals surface area (Å²) < 4.78 is 26.9. The second-order valence-electron chi connectivity index (χ2n) is 6.21. The van der Waals surface area contributed by atoms with Gasteiger partial charge in [0, 0.05) is 25.2 Å². The topological polar surface area (TPSA) is 39.7 Å². The van der Waals surface area contributed by atoms with Crippen LogP contribution in [0.2, 0.25) is 0 Å². The molecule has 0 amide bonds. The standard InChI is InChI=1S/C18H28F2N4/c1-3-21-18(22-11-14-6-5-9-24(4-2)13-14)23-12-15-10-16(19)7-8-17(15)20/h7-8,10,14H,3-6,9,11-13H2,1-2H3,(H2,21,22,23). The summed E-state index contributed by atoms with van der Waals surface area (Å²) in [6.45, 7) is 9.22. The number of nitrogens with one attached hydrogen (secondary N) is 2. The number of aliphatic imine (C=N–C) groups is 1. The molecule has 0 aliphatic carbocycles. The van der Waals surface area contributed by atoms with Crippen molar-refractivity contribution in [1.29, 1.82) is 0 Å². The van der Waals surface area contributed by atoms with Crippen molar-refractivity contribution in [2.24, 2.45) is 10.9 Å². The van der Waals surface area contributed by atoms with E-state index >= 15 is 0 Å². The van der Waals surface area contributed by atoms with E-state index in [1.807, 2.05) is 6.92 Å². The lowest BCUT2D eigenvalue weighted by molar-refractivity contribution is 0.183. The minimum Gasteiger partial charge on any atom is -0.357 e. The van der Waals surface area contributed by atoms with Crippen molar-refractivity contribution >= 4 is 5.96 Å². The fourth-order valence-corrected chi connectivity index (χ4v) is 3.02. The molecule has 0 spiro atoms. The summed E-state index contributed by atoms with van der Waals surface area (Å²) >= 11 is 0. The molecule has 1 atom stereocenters. The molecule has 1 saturated heterocycles. The van der Waals surface area contributed by atoms with Crippen molar-refractivity contribution < 1.29 is 8.78 Å². The maximum Gasteiger partial charge on any atom is 0.191 e. The van der Waals surface area contributed by atoms with Crippen molar-refractivity contribution in [3.05, 3.63) is 35.4 Å². The number of rotatable bonds is 6. The molecule has 2 N–H and O–H groups in total. The Morgan fingerprint density at radius 1 is 1.29 bits per heavy atom. The van der Waals surface area contributed by atoms with Crippen LogP contribution in [0.25, 0.3) is 0 Å². The molecule has 2 rings (SSSR count). The molecule has 134 valence electrons. The van der Waals surface area contributed by atoms with Gasteiger partial charge in [0.05, 0.1) is 6.54 Å². The minimum atomic E-state index is -0.443. The van der Waals surface area contributed by atoms with Gasteiger partial charge in [-0.25, -0.2) is 13.8 Å². The third-order valence-corrected chi connectivity index (χ3v) is 4.37. The normalized spacial score (nSPS) is 19.3. The molecule has 0 saturated carbocycles. The average Bonchev–Trinajstić information content (AvgIpc) is 2.60. The molecule has 1 aliphatic rings. The van der Waals surface area contributed by atoms with Crippen molar-refractivity contribution in [2.75, 3.05) is 32.7 Å². The van der Waals surface area contributed by atoms with Crippen molar-refractivity contribution in [2.45, 2.75) is 33.2 Å². The second kappa shape index (κ2) is 9.57. The summed E-state index contributed by atoms with van der Waals surface area (Å²) in [6.07, 6.45) is 2.43. The first kappa shape index (κ1) is 18.6. The monoisotopic (exact) mass is 338 g/mol. The van der Waals surface area contributed by atoms with Crippen LogP contribution in [0, 0.1) is 17.6 Å². The Hall–Kier alpha value is -1.69. The minimum absolute atomic E-state index is 0.116. The summed E-state index contributed by atoms with van der Waals surface area (Å²) in [4.78, 5) is 6.84. The number of nitrogens with zero attached hydrogens (tertiary/aromatic N) is 2. The van der Waals surface area contributed by atoms with Gasteiger partial charge in [-0.3, -0.25) is 0 Å². The van der Waals surface area contributed by atoms with E-state index in [9.17, 15) is 8.78 Å².